The van der Waals surface area contributed by atoms with E-state index >= 15 is 0 Å². The molecule has 0 heterocycles. The van der Waals surface area contributed by atoms with Gasteiger partial charge in [0.2, 0.25) is 0 Å². The Morgan fingerprint density at radius 3 is 2.71 bits per heavy atom. The molecule has 5 nitrogen and oxygen atoms in total. The molecule has 0 unspecified atom stereocenters. The van der Waals surface area contributed by atoms with Gasteiger partial charge >= 0.3 is 5.97 Å². The lowest BCUT2D eigenvalue weighted by Gasteiger charge is -2.17. The van der Waals surface area contributed by atoms with Gasteiger partial charge in [0.05, 0.1) is 6.61 Å². The molecule has 21 heavy (non-hydrogen) atoms. The van der Waals surface area contributed by atoms with E-state index in [1.807, 2.05) is 0 Å². The molecule has 1 rings (SSSR count). The standard InChI is InChI=1S/C16H19NO4/c1-4-21-15(19)11-17(3)16(20)14-9-5-7-13(12(14)2)8-6-10-18/h5,7,9,18H,4,10-11H2,1-3H3. The lowest BCUT2D eigenvalue weighted by atomic mass is 10.0. The lowest BCUT2D eigenvalue weighted by molar-refractivity contribution is -0.143. The van der Waals surface area contributed by atoms with Crippen molar-refractivity contribution in [1.82, 2.24) is 4.90 Å². The summed E-state index contributed by atoms with van der Waals surface area (Å²) in [5.74, 6) is 4.64. The highest BCUT2D eigenvalue weighted by Gasteiger charge is 2.18. The summed E-state index contributed by atoms with van der Waals surface area (Å²) < 4.78 is 4.82. The minimum atomic E-state index is -0.442. The number of nitrogens with zero attached hydrogens (tertiary/aromatic N) is 1. The van der Waals surface area contributed by atoms with E-state index in [1.165, 1.54) is 4.90 Å². The Hall–Kier alpha value is -2.32. The minimum absolute atomic E-state index is 0.0986. The fraction of sp³-hybridized carbons (Fsp3) is 0.375. The highest BCUT2D eigenvalue weighted by Crippen LogP contribution is 2.14. The van der Waals surface area contributed by atoms with E-state index in [1.54, 1.807) is 39.1 Å². The molecule has 0 spiro atoms. The molecule has 112 valence electrons. The number of esters is 1. The van der Waals surface area contributed by atoms with E-state index in [2.05, 4.69) is 11.8 Å². The first-order chi connectivity index (χ1) is 10.0. The molecule has 0 fully saturated rings. The van der Waals surface area contributed by atoms with E-state index in [0.29, 0.717) is 11.1 Å². The number of rotatable bonds is 4. The van der Waals surface area contributed by atoms with Crippen LogP contribution in [0.15, 0.2) is 18.2 Å². The van der Waals surface area contributed by atoms with Crippen LogP contribution in [-0.4, -0.2) is 48.7 Å². The molecule has 1 aromatic carbocycles. The summed E-state index contributed by atoms with van der Waals surface area (Å²) in [6.07, 6.45) is 0. The summed E-state index contributed by atoms with van der Waals surface area (Å²) in [5, 5.41) is 8.73. The molecule has 0 atom stereocenters. The van der Waals surface area contributed by atoms with E-state index in [4.69, 9.17) is 9.84 Å². The number of benzene rings is 1. The normalized spacial score (nSPS) is 9.52. The summed E-state index contributed by atoms with van der Waals surface area (Å²) in [4.78, 5) is 25.1. The first-order valence-corrected chi connectivity index (χ1v) is 6.61. The zero-order chi connectivity index (χ0) is 15.8. The summed E-state index contributed by atoms with van der Waals surface area (Å²) in [6, 6.07) is 5.18. The molecule has 0 radical (unpaired) electrons. The number of ether oxygens (including phenoxy) is 1. The van der Waals surface area contributed by atoms with Crippen LogP contribution in [-0.2, 0) is 9.53 Å². The molecule has 1 aromatic rings. The lowest BCUT2D eigenvalue weighted by Crippen LogP contribution is -2.33. The summed E-state index contributed by atoms with van der Waals surface area (Å²) in [7, 11) is 1.55. The summed E-state index contributed by atoms with van der Waals surface area (Å²) >= 11 is 0. The second kappa shape index (κ2) is 8.08. The van der Waals surface area contributed by atoms with Crippen molar-refractivity contribution >= 4 is 11.9 Å². The third-order valence-electron chi connectivity index (χ3n) is 2.88. The topological polar surface area (TPSA) is 66.8 Å². The van der Waals surface area contributed by atoms with Gasteiger partial charge in [0.1, 0.15) is 13.2 Å². The molecule has 0 bridgehead atoms. The van der Waals surface area contributed by atoms with E-state index < -0.39 is 5.97 Å². The molecule has 0 aliphatic carbocycles. The third kappa shape index (κ3) is 4.62. The van der Waals surface area contributed by atoms with Crippen LogP contribution in [0.2, 0.25) is 0 Å². The largest absolute Gasteiger partial charge is 0.465 e. The Bertz CT molecular complexity index is 584. The van der Waals surface area contributed by atoms with Crippen molar-refractivity contribution < 1.29 is 19.4 Å². The van der Waals surface area contributed by atoms with Crippen molar-refractivity contribution in [2.24, 2.45) is 0 Å². The molecule has 0 aliphatic heterocycles. The predicted octanol–water partition coefficient (Wildman–Crippen LogP) is 0.974. The Morgan fingerprint density at radius 2 is 2.10 bits per heavy atom. The number of carbonyl (C=O) groups is 2. The van der Waals surface area contributed by atoms with Gasteiger partial charge in [-0.3, -0.25) is 9.59 Å². The van der Waals surface area contributed by atoms with Crippen molar-refractivity contribution in [1.29, 1.82) is 0 Å². The fourth-order valence-corrected chi connectivity index (χ4v) is 1.82. The highest BCUT2D eigenvalue weighted by molar-refractivity contribution is 5.97. The van der Waals surface area contributed by atoms with Gasteiger partial charge in [-0.2, -0.15) is 0 Å². The van der Waals surface area contributed by atoms with Crippen LogP contribution in [0.3, 0.4) is 0 Å². The number of aliphatic hydroxyl groups excluding tert-OH is 1. The van der Waals surface area contributed by atoms with Crippen LogP contribution in [0.4, 0.5) is 0 Å². The minimum Gasteiger partial charge on any atom is -0.465 e. The first-order valence-electron chi connectivity index (χ1n) is 6.61. The average Bonchev–Trinajstić information content (AvgIpc) is 2.45. The van der Waals surface area contributed by atoms with Crippen molar-refractivity contribution in [3.63, 3.8) is 0 Å². The van der Waals surface area contributed by atoms with Gasteiger partial charge in [-0.25, -0.2) is 0 Å². The monoisotopic (exact) mass is 289 g/mol. The molecular formula is C16H19NO4. The first kappa shape index (κ1) is 16.7. The van der Waals surface area contributed by atoms with Gasteiger partial charge < -0.3 is 14.7 Å². The van der Waals surface area contributed by atoms with Crippen LogP contribution in [0.1, 0.15) is 28.4 Å². The van der Waals surface area contributed by atoms with Crippen LogP contribution < -0.4 is 0 Å². The van der Waals surface area contributed by atoms with Crippen LogP contribution in [0.5, 0.6) is 0 Å². The maximum atomic E-state index is 12.4. The van der Waals surface area contributed by atoms with Crippen molar-refractivity contribution in [2.45, 2.75) is 13.8 Å². The van der Waals surface area contributed by atoms with Crippen molar-refractivity contribution in [2.75, 3.05) is 26.8 Å². The quantitative estimate of drug-likeness (QED) is 0.662. The maximum Gasteiger partial charge on any atom is 0.325 e. The van der Waals surface area contributed by atoms with Crippen molar-refractivity contribution in [3.8, 4) is 11.8 Å². The number of hydrogen-bond donors (Lipinski definition) is 1. The summed E-state index contributed by atoms with van der Waals surface area (Å²) in [5.41, 5.74) is 1.88. The third-order valence-corrected chi connectivity index (χ3v) is 2.88. The number of likely N-dealkylation sites (N-methyl/N-ethyl adjacent to an activating group) is 1. The van der Waals surface area contributed by atoms with Gasteiger partial charge in [-0.1, -0.05) is 17.9 Å². The molecular weight excluding hydrogens is 270 g/mol. The maximum absolute atomic E-state index is 12.4. The molecule has 1 amide bonds. The van der Waals surface area contributed by atoms with Crippen molar-refractivity contribution in [3.05, 3.63) is 34.9 Å². The van der Waals surface area contributed by atoms with Gasteiger partial charge in [0, 0.05) is 18.2 Å². The molecule has 0 saturated carbocycles. The van der Waals surface area contributed by atoms with E-state index in [-0.39, 0.29) is 25.7 Å². The zero-order valence-corrected chi connectivity index (χ0v) is 12.5. The number of carbonyl (C=O) groups excluding carboxylic acids is 2. The number of aliphatic hydroxyl groups is 1. The zero-order valence-electron chi connectivity index (χ0n) is 12.5. The number of hydrogen-bond acceptors (Lipinski definition) is 4. The molecule has 0 saturated heterocycles. The Kier molecular flexibility index (Phi) is 6.44. The van der Waals surface area contributed by atoms with Crippen LogP contribution in [0.25, 0.3) is 0 Å². The number of amides is 1. The Balaban J connectivity index is 2.94. The molecule has 0 aromatic heterocycles. The van der Waals surface area contributed by atoms with Crippen LogP contribution in [0, 0.1) is 18.8 Å². The molecule has 5 heteroatoms. The predicted molar refractivity (Wildman–Crippen MR) is 78.7 cm³/mol. The molecule has 1 N–H and O–H groups in total. The summed E-state index contributed by atoms with van der Waals surface area (Å²) in [6.45, 7) is 3.45. The SMILES string of the molecule is CCOC(=O)CN(C)C(=O)c1cccc(C#CCO)c1C. The van der Waals surface area contributed by atoms with E-state index in [0.717, 1.165) is 5.56 Å². The Morgan fingerprint density at radius 1 is 1.38 bits per heavy atom. The van der Waals surface area contributed by atoms with E-state index in [9.17, 15) is 9.59 Å². The second-order valence-corrected chi connectivity index (χ2v) is 4.40. The van der Waals surface area contributed by atoms with Gasteiger partial charge in [0.25, 0.3) is 5.91 Å². The second-order valence-electron chi connectivity index (χ2n) is 4.40. The average molecular weight is 289 g/mol. The van der Waals surface area contributed by atoms with Gasteiger partial charge in [-0.05, 0) is 31.5 Å². The fourth-order valence-electron chi connectivity index (χ4n) is 1.82. The van der Waals surface area contributed by atoms with Gasteiger partial charge in [-0.15, -0.1) is 0 Å². The molecule has 0 aliphatic rings. The van der Waals surface area contributed by atoms with Crippen LogP contribution >= 0.6 is 0 Å². The smallest absolute Gasteiger partial charge is 0.325 e. The highest BCUT2D eigenvalue weighted by atomic mass is 16.5. The van der Waals surface area contributed by atoms with Gasteiger partial charge in [0.15, 0.2) is 0 Å². The Labute approximate surface area is 124 Å².